The second-order valence-corrected chi connectivity index (χ2v) is 5.66. The molecule has 2 heterocycles. The lowest BCUT2D eigenvalue weighted by molar-refractivity contribution is -0.111. The van der Waals surface area contributed by atoms with Crippen LogP contribution in [0.25, 0.3) is 0 Å². The maximum Gasteiger partial charge on any atom is 0.170 e. The Bertz CT molecular complexity index is 239. The van der Waals surface area contributed by atoms with Gasteiger partial charge < -0.3 is 9.84 Å². The average molecular weight is 205 g/mol. The Kier molecular flexibility index (Phi) is 1.81. The van der Waals surface area contributed by atoms with E-state index in [1.54, 1.807) is 0 Å². The van der Waals surface area contributed by atoms with E-state index < -0.39 is 10.7 Å². The molecular formula is C10H17ClO2. The quantitative estimate of drug-likeness (QED) is 0.665. The molecule has 3 atom stereocenters. The van der Waals surface area contributed by atoms with E-state index in [4.69, 9.17) is 16.3 Å². The summed E-state index contributed by atoms with van der Waals surface area (Å²) in [7, 11) is 0. The van der Waals surface area contributed by atoms with Gasteiger partial charge in [-0.3, -0.25) is 0 Å². The molecule has 0 aliphatic carbocycles. The molecule has 0 aromatic carbocycles. The standard InChI is InChI=1S/C10H17ClO2/c1-7(2)9-5-4-8(3,13-9)6-10(9,11)12/h7,12H,4-6H2,1-3H3. The third-order valence-corrected chi connectivity index (χ3v) is 4.10. The molecule has 2 nitrogen and oxygen atoms in total. The van der Waals surface area contributed by atoms with Gasteiger partial charge in [-0.15, -0.1) is 0 Å². The van der Waals surface area contributed by atoms with E-state index in [1.807, 2.05) is 6.92 Å². The maximum atomic E-state index is 10.1. The SMILES string of the molecule is CC(C)C12CCC(C)(CC1(O)Cl)O2. The lowest BCUT2D eigenvalue weighted by atomic mass is 9.75. The van der Waals surface area contributed by atoms with Crippen LogP contribution in [-0.4, -0.2) is 21.4 Å². The molecule has 0 spiro atoms. The van der Waals surface area contributed by atoms with Crippen LogP contribution in [0.15, 0.2) is 0 Å². The minimum Gasteiger partial charge on any atom is -0.372 e. The Morgan fingerprint density at radius 1 is 1.38 bits per heavy atom. The van der Waals surface area contributed by atoms with Crippen molar-refractivity contribution in [1.82, 2.24) is 0 Å². The largest absolute Gasteiger partial charge is 0.372 e. The molecule has 13 heavy (non-hydrogen) atoms. The van der Waals surface area contributed by atoms with E-state index in [9.17, 15) is 5.11 Å². The van der Waals surface area contributed by atoms with Gasteiger partial charge in [0.2, 0.25) is 0 Å². The zero-order valence-corrected chi connectivity index (χ0v) is 9.19. The van der Waals surface area contributed by atoms with Gasteiger partial charge in [-0.25, -0.2) is 0 Å². The molecule has 0 radical (unpaired) electrons. The summed E-state index contributed by atoms with van der Waals surface area (Å²) in [6.45, 7) is 6.16. The highest BCUT2D eigenvalue weighted by atomic mass is 35.5. The van der Waals surface area contributed by atoms with Gasteiger partial charge in [0.15, 0.2) is 5.06 Å². The molecule has 0 aromatic heterocycles. The Hall–Kier alpha value is 0.210. The summed E-state index contributed by atoms with van der Waals surface area (Å²) in [5.74, 6) is 0.263. The van der Waals surface area contributed by atoms with Gasteiger partial charge in [-0.2, -0.15) is 0 Å². The summed E-state index contributed by atoms with van der Waals surface area (Å²) in [5.41, 5.74) is -0.704. The summed E-state index contributed by atoms with van der Waals surface area (Å²) < 4.78 is 5.94. The average Bonchev–Trinajstić information content (AvgIpc) is 2.35. The first-order valence-electron chi connectivity index (χ1n) is 4.93. The fraction of sp³-hybridized carbons (Fsp3) is 1.00. The van der Waals surface area contributed by atoms with Gasteiger partial charge >= 0.3 is 0 Å². The van der Waals surface area contributed by atoms with Crippen molar-refractivity contribution >= 4 is 11.6 Å². The maximum absolute atomic E-state index is 10.1. The van der Waals surface area contributed by atoms with Crippen LogP contribution in [0, 0.1) is 5.92 Å². The molecular weight excluding hydrogens is 188 g/mol. The van der Waals surface area contributed by atoms with Crippen molar-refractivity contribution in [1.29, 1.82) is 0 Å². The number of alkyl halides is 1. The molecule has 2 aliphatic heterocycles. The van der Waals surface area contributed by atoms with Gasteiger partial charge in [0.25, 0.3) is 0 Å². The normalized spacial score (nSPS) is 54.9. The molecule has 0 saturated carbocycles. The second kappa shape index (κ2) is 2.41. The van der Waals surface area contributed by atoms with Gasteiger partial charge in [0.05, 0.1) is 5.60 Å². The van der Waals surface area contributed by atoms with Crippen molar-refractivity contribution in [2.75, 3.05) is 0 Å². The Morgan fingerprint density at radius 2 is 2.00 bits per heavy atom. The number of fused-ring (bicyclic) bond motifs is 2. The topological polar surface area (TPSA) is 29.5 Å². The molecule has 0 amide bonds. The summed E-state index contributed by atoms with van der Waals surface area (Å²) in [5, 5.41) is 8.95. The Labute approximate surface area is 84.2 Å². The van der Waals surface area contributed by atoms with E-state index in [-0.39, 0.29) is 11.5 Å². The number of rotatable bonds is 1. The smallest absolute Gasteiger partial charge is 0.170 e. The van der Waals surface area contributed by atoms with Gasteiger partial charge in [-0.1, -0.05) is 25.4 Å². The monoisotopic (exact) mass is 204 g/mol. The molecule has 2 saturated heterocycles. The lowest BCUT2D eigenvalue weighted by Crippen LogP contribution is -2.50. The number of hydrogen-bond donors (Lipinski definition) is 1. The number of aliphatic hydroxyl groups is 1. The van der Waals surface area contributed by atoms with Crippen molar-refractivity contribution < 1.29 is 9.84 Å². The summed E-state index contributed by atoms with van der Waals surface area (Å²) in [6, 6.07) is 0. The zero-order valence-electron chi connectivity index (χ0n) is 8.43. The van der Waals surface area contributed by atoms with Crippen molar-refractivity contribution in [2.45, 2.75) is 56.3 Å². The molecule has 0 aromatic rings. The Morgan fingerprint density at radius 3 is 2.23 bits per heavy atom. The van der Waals surface area contributed by atoms with E-state index >= 15 is 0 Å². The summed E-state index contributed by atoms with van der Waals surface area (Å²) in [4.78, 5) is 0. The highest BCUT2D eigenvalue weighted by Gasteiger charge is 2.67. The number of hydrogen-bond acceptors (Lipinski definition) is 2. The van der Waals surface area contributed by atoms with Crippen LogP contribution in [0.3, 0.4) is 0 Å². The van der Waals surface area contributed by atoms with Crippen molar-refractivity contribution in [2.24, 2.45) is 5.92 Å². The molecule has 2 bridgehead atoms. The molecule has 1 N–H and O–H groups in total. The summed E-state index contributed by atoms with van der Waals surface area (Å²) >= 11 is 6.14. The van der Waals surface area contributed by atoms with E-state index in [0.717, 1.165) is 12.8 Å². The van der Waals surface area contributed by atoms with Gasteiger partial charge in [-0.05, 0) is 25.7 Å². The minimum atomic E-state index is -1.16. The van der Waals surface area contributed by atoms with Crippen molar-refractivity contribution in [3.05, 3.63) is 0 Å². The van der Waals surface area contributed by atoms with Crippen LogP contribution in [0.5, 0.6) is 0 Å². The van der Waals surface area contributed by atoms with Crippen LogP contribution in [0.2, 0.25) is 0 Å². The lowest BCUT2D eigenvalue weighted by Gasteiger charge is -2.39. The van der Waals surface area contributed by atoms with Crippen LogP contribution in [0.4, 0.5) is 0 Å². The van der Waals surface area contributed by atoms with Crippen LogP contribution in [-0.2, 0) is 4.74 Å². The molecule has 2 rings (SSSR count). The van der Waals surface area contributed by atoms with Crippen molar-refractivity contribution in [3.63, 3.8) is 0 Å². The van der Waals surface area contributed by atoms with E-state index in [0.29, 0.717) is 6.42 Å². The molecule has 2 aliphatic rings. The predicted octanol–water partition coefficient (Wildman–Crippen LogP) is 2.28. The first-order valence-corrected chi connectivity index (χ1v) is 5.31. The molecule has 3 heteroatoms. The summed E-state index contributed by atoms with van der Waals surface area (Å²) in [6.07, 6.45) is 2.45. The van der Waals surface area contributed by atoms with Gasteiger partial charge in [0.1, 0.15) is 5.60 Å². The van der Waals surface area contributed by atoms with E-state index in [2.05, 4.69) is 13.8 Å². The number of ether oxygens (including phenoxy) is 1. The molecule has 76 valence electrons. The molecule has 3 unspecified atom stereocenters. The fourth-order valence-electron chi connectivity index (χ4n) is 2.88. The Balaban J connectivity index is 2.38. The van der Waals surface area contributed by atoms with Crippen molar-refractivity contribution in [3.8, 4) is 0 Å². The van der Waals surface area contributed by atoms with Gasteiger partial charge in [0, 0.05) is 6.42 Å². The van der Waals surface area contributed by atoms with Crippen LogP contribution >= 0.6 is 11.6 Å². The second-order valence-electron chi connectivity index (χ2n) is 5.03. The number of halogens is 1. The fourth-order valence-corrected chi connectivity index (χ4v) is 3.51. The van der Waals surface area contributed by atoms with E-state index in [1.165, 1.54) is 0 Å². The third kappa shape index (κ3) is 1.09. The predicted molar refractivity (Wildman–Crippen MR) is 51.7 cm³/mol. The third-order valence-electron chi connectivity index (χ3n) is 3.64. The zero-order chi connectivity index (χ0) is 9.91. The first kappa shape index (κ1) is 9.75. The first-order chi connectivity index (χ1) is 5.81. The molecule has 2 fully saturated rings. The highest BCUT2D eigenvalue weighted by Crippen LogP contribution is 2.60. The minimum absolute atomic E-state index is 0.194. The van der Waals surface area contributed by atoms with Crippen LogP contribution in [0.1, 0.15) is 40.0 Å². The van der Waals surface area contributed by atoms with Crippen LogP contribution < -0.4 is 0 Å². The highest BCUT2D eigenvalue weighted by molar-refractivity contribution is 6.24.